The van der Waals surface area contributed by atoms with Gasteiger partial charge in [-0.25, -0.2) is 0 Å². The third-order valence-electron chi connectivity index (χ3n) is 4.98. The molecule has 0 bridgehead atoms. The van der Waals surface area contributed by atoms with E-state index in [0.29, 0.717) is 17.1 Å². The van der Waals surface area contributed by atoms with Gasteiger partial charge in [-0.2, -0.15) is 0 Å². The number of carboxylic acid groups (broad SMARTS) is 1. The van der Waals surface area contributed by atoms with Gasteiger partial charge in [-0.15, -0.1) is 0 Å². The lowest BCUT2D eigenvalue weighted by atomic mass is 9.89. The molecule has 0 aliphatic carbocycles. The number of ether oxygens (including phenoxy) is 2. The molecule has 2 N–H and O–H groups in total. The van der Waals surface area contributed by atoms with E-state index in [0.717, 1.165) is 16.9 Å². The summed E-state index contributed by atoms with van der Waals surface area (Å²) in [5.74, 6) is -0.336. The Balaban J connectivity index is 1.54. The number of hydrogen-bond acceptors (Lipinski definition) is 6. The average molecular weight is 408 g/mol. The second-order valence-corrected chi connectivity index (χ2v) is 7.05. The number of fused-ring (bicyclic) bond motifs is 1. The molecule has 30 heavy (non-hydrogen) atoms. The molecule has 0 unspecified atom stereocenters. The Morgan fingerprint density at radius 1 is 1.20 bits per heavy atom. The molecular formula is C22H20N2O6. The molecule has 2 heterocycles. The fourth-order valence-electron chi connectivity index (χ4n) is 3.39. The quantitative estimate of drug-likeness (QED) is 0.761. The molecule has 2 aliphatic heterocycles. The summed E-state index contributed by atoms with van der Waals surface area (Å²) in [4.78, 5) is 29.9. The van der Waals surface area contributed by atoms with Crippen molar-refractivity contribution >= 4 is 29.4 Å². The highest BCUT2D eigenvalue weighted by Crippen LogP contribution is 2.35. The normalized spacial score (nSPS) is 19.5. The SMILES string of the molecule is COc1ccc(NC(=O)[C@]2(CC(=O)O)CC(C3=Cc4ccccc4OC3)=NO2)cc1. The molecule has 0 saturated carbocycles. The number of carbonyl (C=O) groups excluding carboxylic acids is 1. The van der Waals surface area contributed by atoms with Gasteiger partial charge >= 0.3 is 5.97 Å². The highest BCUT2D eigenvalue weighted by molar-refractivity contribution is 6.11. The van der Waals surface area contributed by atoms with Crippen LogP contribution < -0.4 is 14.8 Å². The summed E-state index contributed by atoms with van der Waals surface area (Å²) in [5.41, 5.74) is 0.990. The third-order valence-corrected chi connectivity index (χ3v) is 4.98. The lowest BCUT2D eigenvalue weighted by Gasteiger charge is -2.24. The zero-order valence-corrected chi connectivity index (χ0v) is 16.3. The van der Waals surface area contributed by atoms with Crippen molar-refractivity contribution in [3.8, 4) is 11.5 Å². The fraction of sp³-hybridized carbons (Fsp3) is 0.227. The van der Waals surface area contributed by atoms with Crippen molar-refractivity contribution in [1.82, 2.24) is 0 Å². The predicted molar refractivity (Wildman–Crippen MR) is 110 cm³/mol. The van der Waals surface area contributed by atoms with E-state index in [1.54, 1.807) is 31.4 Å². The van der Waals surface area contributed by atoms with Crippen molar-refractivity contribution in [3.63, 3.8) is 0 Å². The maximum Gasteiger partial charge on any atom is 0.308 e. The van der Waals surface area contributed by atoms with Crippen molar-refractivity contribution in [3.05, 3.63) is 59.7 Å². The molecule has 0 fully saturated rings. The van der Waals surface area contributed by atoms with E-state index in [-0.39, 0.29) is 13.0 Å². The summed E-state index contributed by atoms with van der Waals surface area (Å²) < 4.78 is 10.8. The number of nitrogens with one attached hydrogen (secondary N) is 1. The summed E-state index contributed by atoms with van der Waals surface area (Å²) >= 11 is 0. The Bertz CT molecular complexity index is 1040. The van der Waals surface area contributed by atoms with Crippen LogP contribution in [0.15, 0.2) is 59.3 Å². The Labute approximate surface area is 172 Å². The zero-order chi connectivity index (χ0) is 21.1. The number of carbonyl (C=O) groups is 2. The fourth-order valence-corrected chi connectivity index (χ4v) is 3.39. The standard InChI is InChI=1S/C22H20N2O6/c1-28-17-8-6-16(7-9-17)23-21(27)22(12-20(25)26)11-18(24-30-22)15-10-14-4-2-3-5-19(14)29-13-15/h2-10H,11-13H2,1H3,(H,23,27)(H,25,26)/t22-/m1/s1. The zero-order valence-electron chi connectivity index (χ0n) is 16.3. The minimum atomic E-state index is -1.64. The summed E-state index contributed by atoms with van der Waals surface area (Å²) in [5, 5.41) is 16.1. The molecule has 154 valence electrons. The van der Waals surface area contributed by atoms with Crippen molar-refractivity contribution < 1.29 is 29.0 Å². The van der Waals surface area contributed by atoms with Crippen LogP contribution in [0.1, 0.15) is 18.4 Å². The van der Waals surface area contributed by atoms with E-state index in [2.05, 4.69) is 10.5 Å². The third kappa shape index (κ3) is 3.84. The van der Waals surface area contributed by atoms with Gasteiger partial charge in [-0.3, -0.25) is 9.59 Å². The first-order valence-electron chi connectivity index (χ1n) is 9.34. The van der Waals surface area contributed by atoms with Crippen LogP contribution in [-0.4, -0.2) is 42.0 Å². The monoisotopic (exact) mass is 408 g/mol. The van der Waals surface area contributed by atoms with Gasteiger partial charge in [0.15, 0.2) is 0 Å². The lowest BCUT2D eigenvalue weighted by molar-refractivity contribution is -0.152. The number of oxime groups is 1. The molecule has 2 aromatic rings. The Hall–Kier alpha value is -3.81. The van der Waals surface area contributed by atoms with Crippen LogP contribution in [0.3, 0.4) is 0 Å². The van der Waals surface area contributed by atoms with Crippen LogP contribution in [0.4, 0.5) is 5.69 Å². The topological polar surface area (TPSA) is 106 Å². The van der Waals surface area contributed by atoms with E-state index in [1.807, 2.05) is 30.3 Å². The highest BCUT2D eigenvalue weighted by atomic mass is 16.7. The molecule has 4 rings (SSSR count). The number of hydrogen-bond donors (Lipinski definition) is 2. The first-order valence-corrected chi connectivity index (χ1v) is 9.34. The van der Waals surface area contributed by atoms with Gasteiger partial charge < -0.3 is 24.7 Å². The van der Waals surface area contributed by atoms with E-state index >= 15 is 0 Å². The number of methoxy groups -OCH3 is 1. The first-order chi connectivity index (χ1) is 14.5. The number of rotatable bonds is 6. The average Bonchev–Trinajstić information content (AvgIpc) is 3.18. The van der Waals surface area contributed by atoms with Gasteiger partial charge in [-0.1, -0.05) is 23.4 Å². The van der Waals surface area contributed by atoms with Crippen molar-refractivity contribution in [2.24, 2.45) is 5.16 Å². The smallest absolute Gasteiger partial charge is 0.308 e. The minimum absolute atomic E-state index is 0.0264. The number of carboxylic acids is 1. The molecule has 0 spiro atoms. The van der Waals surface area contributed by atoms with Gasteiger partial charge in [0.2, 0.25) is 5.60 Å². The predicted octanol–water partition coefficient (Wildman–Crippen LogP) is 3.10. The molecule has 0 aromatic heterocycles. The second-order valence-electron chi connectivity index (χ2n) is 7.05. The summed E-state index contributed by atoms with van der Waals surface area (Å²) in [6.07, 6.45) is 1.42. The van der Waals surface area contributed by atoms with E-state index in [4.69, 9.17) is 14.3 Å². The second kappa shape index (κ2) is 7.90. The first kappa shape index (κ1) is 19.5. The Morgan fingerprint density at radius 2 is 1.97 bits per heavy atom. The highest BCUT2D eigenvalue weighted by Gasteiger charge is 2.49. The van der Waals surface area contributed by atoms with Crippen molar-refractivity contribution in [2.75, 3.05) is 19.0 Å². The van der Waals surface area contributed by atoms with Crippen LogP contribution in [0.25, 0.3) is 6.08 Å². The van der Waals surface area contributed by atoms with E-state index < -0.39 is 23.9 Å². The number of amides is 1. The van der Waals surface area contributed by atoms with Gasteiger partial charge in [0.25, 0.3) is 5.91 Å². The molecule has 0 saturated heterocycles. The largest absolute Gasteiger partial charge is 0.497 e. The van der Waals surface area contributed by atoms with Crippen molar-refractivity contribution in [1.29, 1.82) is 0 Å². The molecular weight excluding hydrogens is 388 g/mol. The molecule has 2 aliphatic rings. The van der Waals surface area contributed by atoms with Gasteiger partial charge in [0.05, 0.1) is 19.2 Å². The number of para-hydroxylation sites is 1. The van der Waals surface area contributed by atoms with Crippen LogP contribution in [0.2, 0.25) is 0 Å². The lowest BCUT2D eigenvalue weighted by Crippen LogP contribution is -2.45. The number of nitrogens with zero attached hydrogens (tertiary/aromatic N) is 1. The van der Waals surface area contributed by atoms with Crippen LogP contribution >= 0.6 is 0 Å². The van der Waals surface area contributed by atoms with Crippen LogP contribution in [-0.2, 0) is 14.4 Å². The van der Waals surface area contributed by atoms with Gasteiger partial charge in [0, 0.05) is 23.2 Å². The molecule has 8 nitrogen and oxygen atoms in total. The van der Waals surface area contributed by atoms with E-state index in [1.165, 1.54) is 0 Å². The molecule has 1 atom stereocenters. The Kier molecular flexibility index (Phi) is 5.14. The summed E-state index contributed by atoms with van der Waals surface area (Å²) in [7, 11) is 1.54. The number of benzene rings is 2. The van der Waals surface area contributed by atoms with Crippen molar-refractivity contribution in [2.45, 2.75) is 18.4 Å². The number of aliphatic carboxylic acids is 1. The van der Waals surface area contributed by atoms with Crippen LogP contribution in [0, 0.1) is 0 Å². The summed E-state index contributed by atoms with van der Waals surface area (Å²) in [6, 6.07) is 14.3. The van der Waals surface area contributed by atoms with Gasteiger partial charge in [-0.05, 0) is 36.4 Å². The Morgan fingerprint density at radius 3 is 2.70 bits per heavy atom. The maximum atomic E-state index is 13.0. The molecule has 2 aromatic carbocycles. The summed E-state index contributed by atoms with van der Waals surface area (Å²) in [6.45, 7) is 0.266. The molecule has 0 radical (unpaired) electrons. The van der Waals surface area contributed by atoms with E-state index in [9.17, 15) is 14.7 Å². The van der Waals surface area contributed by atoms with Gasteiger partial charge in [0.1, 0.15) is 18.1 Å². The molecule has 8 heteroatoms. The maximum absolute atomic E-state index is 13.0. The number of anilines is 1. The van der Waals surface area contributed by atoms with Crippen LogP contribution in [0.5, 0.6) is 11.5 Å². The molecule has 1 amide bonds. The minimum Gasteiger partial charge on any atom is -0.497 e.